The Bertz CT molecular complexity index is 610. The van der Waals surface area contributed by atoms with Crippen LogP contribution in [0.2, 0.25) is 0 Å². The average molecular weight is 289 g/mol. The Hall–Kier alpha value is -2.70. The summed E-state index contributed by atoms with van der Waals surface area (Å²) < 4.78 is 9.51. The first-order valence-electron chi connectivity index (χ1n) is 6.57. The third-order valence-corrected chi connectivity index (χ3v) is 2.72. The lowest BCUT2D eigenvalue weighted by atomic mass is 10.1. The number of esters is 1. The Kier molecular flexibility index (Phi) is 5.03. The summed E-state index contributed by atoms with van der Waals surface area (Å²) >= 11 is 0. The second-order valence-corrected chi connectivity index (χ2v) is 4.28. The molecule has 0 radical (unpaired) electrons. The molecule has 1 heterocycles. The van der Waals surface area contributed by atoms with Gasteiger partial charge in [0.15, 0.2) is 5.69 Å². The Balaban J connectivity index is 2.09. The highest BCUT2D eigenvalue weighted by molar-refractivity contribution is 6.06. The van der Waals surface area contributed by atoms with Crippen molar-refractivity contribution in [2.45, 2.75) is 19.8 Å². The molecule has 0 aliphatic rings. The molecule has 2 aromatic rings. The molecule has 0 bridgehead atoms. The molecule has 1 aromatic carbocycles. The summed E-state index contributed by atoms with van der Waals surface area (Å²) in [5.41, 5.74) is 0.676. The van der Waals surface area contributed by atoms with Crippen LogP contribution in [0.3, 0.4) is 0 Å². The van der Waals surface area contributed by atoms with Crippen molar-refractivity contribution >= 4 is 17.6 Å². The molecule has 0 aliphatic heterocycles. The van der Waals surface area contributed by atoms with E-state index in [-0.39, 0.29) is 5.69 Å². The van der Waals surface area contributed by atoms with Gasteiger partial charge < -0.3 is 10.1 Å². The highest BCUT2D eigenvalue weighted by Crippen LogP contribution is 2.17. The molecular weight excluding hydrogens is 274 g/mol. The predicted molar refractivity (Wildman–Crippen MR) is 73.9 cm³/mol. The molecule has 110 valence electrons. The standard InChI is InChI=1S/C14H15N3O4/c1-2-3-8-20-14(19)10-6-4-5-7-11(10)16-13(18)12-9-15-21-17-12/h4-7,9H,2-3,8H2,1H3,(H,16,18). The zero-order valence-electron chi connectivity index (χ0n) is 11.5. The molecule has 0 aliphatic carbocycles. The van der Waals surface area contributed by atoms with Gasteiger partial charge in [0.2, 0.25) is 0 Å². The molecule has 0 saturated carbocycles. The van der Waals surface area contributed by atoms with E-state index in [0.29, 0.717) is 17.9 Å². The van der Waals surface area contributed by atoms with E-state index >= 15 is 0 Å². The van der Waals surface area contributed by atoms with Crippen LogP contribution in [0.25, 0.3) is 0 Å². The van der Waals surface area contributed by atoms with Gasteiger partial charge in [-0.25, -0.2) is 9.42 Å². The maximum atomic E-state index is 12.0. The van der Waals surface area contributed by atoms with E-state index in [1.165, 1.54) is 6.20 Å². The van der Waals surface area contributed by atoms with Gasteiger partial charge in [0.05, 0.1) is 17.9 Å². The molecule has 1 N–H and O–H groups in total. The van der Waals surface area contributed by atoms with Gasteiger partial charge in [-0.1, -0.05) is 30.6 Å². The summed E-state index contributed by atoms with van der Waals surface area (Å²) in [7, 11) is 0. The van der Waals surface area contributed by atoms with Crippen molar-refractivity contribution in [1.82, 2.24) is 10.3 Å². The van der Waals surface area contributed by atoms with Gasteiger partial charge in [-0.3, -0.25) is 4.79 Å². The number of hydrogen-bond acceptors (Lipinski definition) is 6. The second-order valence-electron chi connectivity index (χ2n) is 4.28. The maximum absolute atomic E-state index is 12.0. The van der Waals surface area contributed by atoms with E-state index in [1.54, 1.807) is 24.3 Å². The van der Waals surface area contributed by atoms with Crippen molar-refractivity contribution in [1.29, 1.82) is 0 Å². The molecule has 0 atom stereocenters. The van der Waals surface area contributed by atoms with E-state index in [0.717, 1.165) is 12.8 Å². The fourth-order valence-corrected chi connectivity index (χ4v) is 1.61. The van der Waals surface area contributed by atoms with Crippen molar-refractivity contribution in [3.05, 3.63) is 41.7 Å². The SMILES string of the molecule is CCCCOC(=O)c1ccccc1NC(=O)c1cnon1. The molecule has 21 heavy (non-hydrogen) atoms. The van der Waals surface area contributed by atoms with E-state index in [4.69, 9.17) is 4.74 Å². The number of aromatic nitrogens is 2. The smallest absolute Gasteiger partial charge is 0.340 e. The van der Waals surface area contributed by atoms with E-state index in [9.17, 15) is 9.59 Å². The van der Waals surface area contributed by atoms with E-state index in [2.05, 4.69) is 20.3 Å². The van der Waals surface area contributed by atoms with Crippen LogP contribution in [0.5, 0.6) is 0 Å². The molecule has 0 fully saturated rings. The number of ether oxygens (including phenoxy) is 1. The molecule has 1 aromatic heterocycles. The van der Waals surface area contributed by atoms with Crippen LogP contribution in [0.4, 0.5) is 5.69 Å². The molecule has 0 saturated heterocycles. The van der Waals surface area contributed by atoms with Crippen LogP contribution in [0.1, 0.15) is 40.6 Å². The van der Waals surface area contributed by atoms with Crippen molar-refractivity contribution in [2.24, 2.45) is 0 Å². The van der Waals surface area contributed by atoms with Gasteiger partial charge in [-0.05, 0) is 23.7 Å². The van der Waals surface area contributed by atoms with Crippen molar-refractivity contribution in [3.8, 4) is 0 Å². The number of rotatable bonds is 6. The van der Waals surface area contributed by atoms with E-state index < -0.39 is 11.9 Å². The number of nitrogens with zero attached hydrogens (tertiary/aromatic N) is 2. The third-order valence-electron chi connectivity index (χ3n) is 2.72. The molecular formula is C14H15N3O4. The summed E-state index contributed by atoms with van der Waals surface area (Å²) in [5.74, 6) is -0.984. The van der Waals surface area contributed by atoms with Gasteiger partial charge >= 0.3 is 5.97 Å². The van der Waals surface area contributed by atoms with E-state index in [1.807, 2.05) is 6.92 Å². The number of anilines is 1. The molecule has 2 rings (SSSR count). The number of para-hydroxylation sites is 1. The molecule has 7 heteroatoms. The molecule has 1 amide bonds. The van der Waals surface area contributed by atoms with Crippen LogP contribution in [-0.4, -0.2) is 28.8 Å². The quantitative estimate of drug-likeness (QED) is 0.647. The highest BCUT2D eigenvalue weighted by Gasteiger charge is 2.16. The predicted octanol–water partition coefficient (Wildman–Crippen LogP) is 2.28. The van der Waals surface area contributed by atoms with Crippen LogP contribution < -0.4 is 5.32 Å². The van der Waals surface area contributed by atoms with Gasteiger partial charge in [0, 0.05) is 0 Å². The fraction of sp³-hybridized carbons (Fsp3) is 0.286. The third kappa shape index (κ3) is 3.88. The molecule has 0 spiro atoms. The minimum absolute atomic E-state index is 0.0316. The minimum atomic E-state index is -0.509. The van der Waals surface area contributed by atoms with Crippen LogP contribution in [0, 0.1) is 0 Å². The minimum Gasteiger partial charge on any atom is -0.462 e. The maximum Gasteiger partial charge on any atom is 0.340 e. The first kappa shape index (κ1) is 14.7. The van der Waals surface area contributed by atoms with Crippen LogP contribution >= 0.6 is 0 Å². The number of carbonyl (C=O) groups excluding carboxylic acids is 2. The van der Waals surface area contributed by atoms with Crippen molar-refractivity contribution < 1.29 is 19.0 Å². The number of amides is 1. The zero-order chi connectivity index (χ0) is 15.1. The Morgan fingerprint density at radius 1 is 1.33 bits per heavy atom. The van der Waals surface area contributed by atoms with Crippen molar-refractivity contribution in [2.75, 3.05) is 11.9 Å². The van der Waals surface area contributed by atoms with Gasteiger partial charge in [-0.2, -0.15) is 0 Å². The van der Waals surface area contributed by atoms with Crippen LogP contribution in [0.15, 0.2) is 35.1 Å². The highest BCUT2D eigenvalue weighted by atomic mass is 16.6. The summed E-state index contributed by atoms with van der Waals surface area (Å²) in [6.45, 7) is 2.36. The number of benzene rings is 1. The zero-order valence-corrected chi connectivity index (χ0v) is 11.5. The normalized spacial score (nSPS) is 10.1. The summed E-state index contributed by atoms with van der Waals surface area (Å²) in [5, 5.41) is 9.37. The summed E-state index contributed by atoms with van der Waals surface area (Å²) in [4.78, 5) is 23.9. The number of nitrogens with one attached hydrogen (secondary N) is 1. The number of carbonyl (C=O) groups is 2. The lowest BCUT2D eigenvalue weighted by molar-refractivity contribution is 0.0501. The Morgan fingerprint density at radius 3 is 2.86 bits per heavy atom. The van der Waals surface area contributed by atoms with Gasteiger partial charge in [0.1, 0.15) is 6.20 Å². The first-order valence-corrected chi connectivity index (χ1v) is 6.57. The topological polar surface area (TPSA) is 94.3 Å². The van der Waals surface area contributed by atoms with Crippen molar-refractivity contribution in [3.63, 3.8) is 0 Å². The Labute approximate surface area is 121 Å². The molecule has 7 nitrogen and oxygen atoms in total. The molecule has 0 unspecified atom stereocenters. The van der Waals surface area contributed by atoms with Crippen LogP contribution in [-0.2, 0) is 4.74 Å². The second kappa shape index (κ2) is 7.18. The lowest BCUT2D eigenvalue weighted by Crippen LogP contribution is -2.16. The van der Waals surface area contributed by atoms with Gasteiger partial charge in [-0.15, -0.1) is 0 Å². The summed E-state index contributed by atoms with van der Waals surface area (Å²) in [6, 6.07) is 6.61. The number of unbranched alkanes of at least 4 members (excludes halogenated alkanes) is 1. The Morgan fingerprint density at radius 2 is 2.14 bits per heavy atom. The fourth-order valence-electron chi connectivity index (χ4n) is 1.61. The van der Waals surface area contributed by atoms with Gasteiger partial charge in [0.25, 0.3) is 5.91 Å². The average Bonchev–Trinajstić information content (AvgIpc) is 3.02. The lowest BCUT2D eigenvalue weighted by Gasteiger charge is -2.09. The number of hydrogen-bond donors (Lipinski definition) is 1. The summed E-state index contributed by atoms with van der Waals surface area (Å²) in [6.07, 6.45) is 2.92. The monoisotopic (exact) mass is 289 g/mol. The first-order chi connectivity index (χ1) is 10.2. The largest absolute Gasteiger partial charge is 0.462 e.